The minimum absolute atomic E-state index is 0.0836. The number of aryl methyl sites for hydroxylation is 2. The minimum atomic E-state index is -0.805. The number of nitrogens with one attached hydrogen (secondary N) is 1. The van der Waals surface area contributed by atoms with Crippen molar-refractivity contribution >= 4 is 5.91 Å². The number of fused-ring (bicyclic) bond motifs is 2. The number of hydrogen-bond acceptors (Lipinski definition) is 6. The van der Waals surface area contributed by atoms with Gasteiger partial charge in [-0.25, -0.2) is 0 Å². The van der Waals surface area contributed by atoms with Gasteiger partial charge in [0, 0.05) is 65.8 Å². The molecule has 6 rings (SSSR count). The number of aromatic nitrogens is 2. The molecule has 0 radical (unpaired) electrons. The van der Waals surface area contributed by atoms with E-state index in [0.717, 1.165) is 64.9 Å². The largest absolute Gasteiger partial charge is 0.448 e. The van der Waals surface area contributed by atoms with E-state index < -0.39 is 5.79 Å². The Bertz CT molecular complexity index is 1560. The third kappa shape index (κ3) is 4.72. The smallest absolute Gasteiger partial charge is 0.254 e. The lowest BCUT2D eigenvalue weighted by molar-refractivity contribution is -0.123. The summed E-state index contributed by atoms with van der Waals surface area (Å²) in [5, 5.41) is 0. The molecule has 0 saturated heterocycles. The van der Waals surface area contributed by atoms with Gasteiger partial charge in [-0.05, 0) is 90.2 Å². The van der Waals surface area contributed by atoms with Crippen LogP contribution in [0.4, 0.5) is 0 Å². The van der Waals surface area contributed by atoms with Crippen molar-refractivity contribution in [1.29, 1.82) is 0 Å². The van der Waals surface area contributed by atoms with Crippen molar-refractivity contribution in [2.24, 2.45) is 5.92 Å². The predicted octanol–water partition coefficient (Wildman–Crippen LogP) is 5.17. The number of hydrogen-bond donors (Lipinski definition) is 1. The normalized spacial score (nSPS) is 23.7. The Hall–Kier alpha value is -3.65. The van der Waals surface area contributed by atoms with Crippen molar-refractivity contribution in [2.75, 3.05) is 20.6 Å². The molecule has 216 valence electrons. The molecule has 8 nitrogen and oxygen atoms in total. The summed E-state index contributed by atoms with van der Waals surface area (Å²) >= 11 is 0. The molecule has 1 aromatic carbocycles. The average molecular weight is 557 g/mol. The Kier molecular flexibility index (Phi) is 6.92. The molecule has 1 unspecified atom stereocenters. The van der Waals surface area contributed by atoms with Gasteiger partial charge < -0.3 is 24.3 Å². The predicted molar refractivity (Wildman–Crippen MR) is 158 cm³/mol. The molecule has 1 aliphatic carbocycles. The molecule has 1 fully saturated rings. The second-order valence-corrected chi connectivity index (χ2v) is 12.4. The highest BCUT2D eigenvalue weighted by molar-refractivity contribution is 6.02. The van der Waals surface area contributed by atoms with Crippen LogP contribution in [0.1, 0.15) is 70.9 Å². The summed E-state index contributed by atoms with van der Waals surface area (Å²) in [6, 6.07) is 6.46. The third-order valence-electron chi connectivity index (χ3n) is 9.46. The maximum atomic E-state index is 14.2. The number of ether oxygens (including phenoxy) is 2. The van der Waals surface area contributed by atoms with Gasteiger partial charge in [0.15, 0.2) is 11.5 Å². The summed E-state index contributed by atoms with van der Waals surface area (Å²) in [5.74, 6) is 0.728. The quantitative estimate of drug-likeness (QED) is 0.467. The first-order chi connectivity index (χ1) is 19.6. The Morgan fingerprint density at radius 3 is 2.46 bits per heavy atom. The fourth-order valence-corrected chi connectivity index (χ4v) is 7.10. The summed E-state index contributed by atoms with van der Waals surface area (Å²) in [6.07, 6.45) is 8.48. The van der Waals surface area contributed by atoms with E-state index in [1.165, 1.54) is 0 Å². The molecular formula is C33H40N4O4. The number of amides is 1. The van der Waals surface area contributed by atoms with Crippen LogP contribution in [0.3, 0.4) is 0 Å². The van der Waals surface area contributed by atoms with Crippen molar-refractivity contribution < 1.29 is 14.3 Å². The van der Waals surface area contributed by atoms with Crippen LogP contribution < -0.4 is 15.0 Å². The van der Waals surface area contributed by atoms with Gasteiger partial charge >= 0.3 is 0 Å². The van der Waals surface area contributed by atoms with E-state index in [1.807, 2.05) is 45.2 Å². The Labute approximate surface area is 241 Å². The molecule has 41 heavy (non-hydrogen) atoms. The van der Waals surface area contributed by atoms with E-state index in [9.17, 15) is 9.59 Å². The molecule has 8 heteroatoms. The zero-order valence-corrected chi connectivity index (χ0v) is 25.0. The van der Waals surface area contributed by atoms with E-state index in [0.29, 0.717) is 35.9 Å². The molecule has 3 aromatic rings. The number of pyridine rings is 2. The maximum absolute atomic E-state index is 14.2. The van der Waals surface area contributed by atoms with Crippen LogP contribution in [-0.4, -0.2) is 58.1 Å². The van der Waals surface area contributed by atoms with Crippen LogP contribution in [0.25, 0.3) is 11.1 Å². The van der Waals surface area contributed by atoms with Crippen molar-refractivity contribution in [1.82, 2.24) is 19.8 Å². The fraction of sp³-hybridized carbons (Fsp3) is 0.485. The van der Waals surface area contributed by atoms with Crippen molar-refractivity contribution in [3.63, 3.8) is 0 Å². The van der Waals surface area contributed by atoms with Gasteiger partial charge in [0.05, 0.1) is 12.1 Å². The van der Waals surface area contributed by atoms with Crippen LogP contribution in [0.5, 0.6) is 11.5 Å². The van der Waals surface area contributed by atoms with Crippen molar-refractivity contribution in [2.45, 2.75) is 78.2 Å². The summed E-state index contributed by atoms with van der Waals surface area (Å²) in [5.41, 5.74) is 6.43. The molecule has 0 spiro atoms. The van der Waals surface area contributed by atoms with Gasteiger partial charge in [0.2, 0.25) is 0 Å². The molecule has 1 amide bonds. The summed E-state index contributed by atoms with van der Waals surface area (Å²) in [4.78, 5) is 38.3. The SMILES string of the molecule is Cc1cc(C)c(CN2CCc3c(c(C)c4c(c3-c3cccnc3)OC(C)(C3CCC(N(C)C)CC3)O4)C2=O)c(=O)[nH]1. The number of carbonyl (C=O) groups excluding carboxylic acids is 1. The highest BCUT2D eigenvalue weighted by Gasteiger charge is 2.49. The number of H-pyrrole nitrogens is 1. The summed E-state index contributed by atoms with van der Waals surface area (Å²) < 4.78 is 13.6. The maximum Gasteiger partial charge on any atom is 0.254 e. The lowest BCUT2D eigenvalue weighted by Gasteiger charge is -2.39. The molecule has 0 bridgehead atoms. The Morgan fingerprint density at radius 2 is 1.80 bits per heavy atom. The highest BCUT2D eigenvalue weighted by atomic mass is 16.7. The molecule has 1 saturated carbocycles. The van der Waals surface area contributed by atoms with E-state index in [1.54, 1.807) is 11.1 Å². The standard InChI is InChI=1S/C33H40N4O4/c1-19-16-20(2)35-31(38)26(19)18-37-15-13-25-27(32(37)39)21(3)29-30(28(25)22-8-7-14-34-17-22)41-33(4,40-29)23-9-11-24(12-10-23)36(5)6/h7-8,14,16-17,23-24H,9-13,15,18H2,1-6H3,(H,35,38). The van der Waals surface area contributed by atoms with Crippen LogP contribution in [0, 0.1) is 26.7 Å². The number of rotatable bonds is 5. The minimum Gasteiger partial charge on any atom is -0.448 e. The molecule has 4 heterocycles. The molecular weight excluding hydrogens is 516 g/mol. The first-order valence-corrected chi connectivity index (χ1v) is 14.7. The molecule has 3 aliphatic rings. The zero-order chi connectivity index (χ0) is 29.1. The lowest BCUT2D eigenvalue weighted by Crippen LogP contribution is -2.46. The fourth-order valence-electron chi connectivity index (χ4n) is 7.10. The third-order valence-corrected chi connectivity index (χ3v) is 9.46. The molecule has 1 N–H and O–H groups in total. The van der Waals surface area contributed by atoms with E-state index in [4.69, 9.17) is 9.47 Å². The second kappa shape index (κ2) is 10.3. The highest BCUT2D eigenvalue weighted by Crippen LogP contribution is 2.55. The summed E-state index contributed by atoms with van der Waals surface area (Å²) in [7, 11) is 4.30. The van der Waals surface area contributed by atoms with Gasteiger partial charge in [0.1, 0.15) is 0 Å². The second-order valence-electron chi connectivity index (χ2n) is 12.4. The van der Waals surface area contributed by atoms with Gasteiger partial charge in [-0.3, -0.25) is 14.6 Å². The monoisotopic (exact) mass is 556 g/mol. The number of carbonyl (C=O) groups is 1. The first-order valence-electron chi connectivity index (χ1n) is 14.7. The molecule has 2 aromatic heterocycles. The molecule has 2 aliphatic heterocycles. The average Bonchev–Trinajstić information content (AvgIpc) is 3.31. The molecule has 1 atom stereocenters. The van der Waals surface area contributed by atoms with Crippen molar-refractivity contribution in [3.8, 4) is 22.6 Å². The van der Waals surface area contributed by atoms with Crippen LogP contribution >= 0.6 is 0 Å². The van der Waals surface area contributed by atoms with Gasteiger partial charge in [-0.15, -0.1) is 0 Å². The lowest BCUT2D eigenvalue weighted by atomic mass is 9.81. The van der Waals surface area contributed by atoms with Crippen LogP contribution in [-0.2, 0) is 13.0 Å². The van der Waals surface area contributed by atoms with Crippen molar-refractivity contribution in [3.05, 3.63) is 74.5 Å². The van der Waals surface area contributed by atoms with Gasteiger partial charge in [-0.1, -0.05) is 6.07 Å². The van der Waals surface area contributed by atoms with E-state index >= 15 is 0 Å². The number of aromatic amines is 1. The van der Waals surface area contributed by atoms with Crippen LogP contribution in [0.15, 0.2) is 35.4 Å². The Balaban J connectivity index is 1.40. The Morgan fingerprint density at radius 1 is 1.07 bits per heavy atom. The number of nitrogens with zero attached hydrogens (tertiary/aromatic N) is 3. The number of benzene rings is 1. The zero-order valence-electron chi connectivity index (χ0n) is 25.0. The van der Waals surface area contributed by atoms with E-state index in [2.05, 4.69) is 35.9 Å². The summed E-state index contributed by atoms with van der Waals surface area (Å²) in [6.45, 7) is 8.60. The van der Waals surface area contributed by atoms with Gasteiger partial charge in [0.25, 0.3) is 17.3 Å². The first kappa shape index (κ1) is 27.5. The van der Waals surface area contributed by atoms with Gasteiger partial charge in [-0.2, -0.15) is 0 Å². The van der Waals surface area contributed by atoms with Crippen LogP contribution in [0.2, 0.25) is 0 Å². The topological polar surface area (TPSA) is 87.8 Å². The van der Waals surface area contributed by atoms with E-state index in [-0.39, 0.29) is 23.9 Å².